The van der Waals surface area contributed by atoms with Gasteiger partial charge in [-0.3, -0.25) is 0 Å². The van der Waals surface area contributed by atoms with E-state index in [2.05, 4.69) is 12.1 Å². The number of aliphatic hydroxyl groups is 1. The van der Waals surface area contributed by atoms with E-state index in [0.717, 1.165) is 60.4 Å². The van der Waals surface area contributed by atoms with Gasteiger partial charge in [0.2, 0.25) is 0 Å². The zero-order valence-corrected chi connectivity index (χ0v) is 17.0. The fourth-order valence-electron chi connectivity index (χ4n) is 4.55. The highest BCUT2D eigenvalue weighted by Crippen LogP contribution is 2.46. The minimum atomic E-state index is -0.816. The van der Waals surface area contributed by atoms with E-state index < -0.39 is 5.60 Å². The maximum absolute atomic E-state index is 12.1. The van der Waals surface area contributed by atoms with Crippen molar-refractivity contribution in [2.75, 3.05) is 13.7 Å². The first-order valence-electron chi connectivity index (χ1n) is 10.2. The summed E-state index contributed by atoms with van der Waals surface area (Å²) in [6, 6.07) is 16.2. The van der Waals surface area contributed by atoms with Crippen molar-refractivity contribution in [2.24, 2.45) is 5.92 Å². The zero-order chi connectivity index (χ0) is 19.1. The summed E-state index contributed by atoms with van der Waals surface area (Å²) in [6.07, 6.45) is 8.58. The van der Waals surface area contributed by atoms with Crippen LogP contribution in [0.25, 0.3) is 11.1 Å². The average Bonchev–Trinajstić information content (AvgIpc) is 2.72. The molecule has 2 aromatic rings. The van der Waals surface area contributed by atoms with Gasteiger partial charge in [-0.05, 0) is 55.2 Å². The fraction of sp³-hybridized carbons (Fsp3) is 0.500. The summed E-state index contributed by atoms with van der Waals surface area (Å²) in [6.45, 7) is 0.743. The van der Waals surface area contributed by atoms with Crippen molar-refractivity contribution in [3.05, 3.63) is 59.1 Å². The number of hydrogen-bond acceptors (Lipinski definition) is 2. The van der Waals surface area contributed by atoms with E-state index in [1.807, 2.05) is 36.4 Å². The molecule has 0 heterocycles. The molecule has 3 heteroatoms. The Morgan fingerprint density at radius 1 is 0.963 bits per heavy atom. The lowest BCUT2D eigenvalue weighted by Crippen LogP contribution is -2.37. The Hall–Kier alpha value is -1.35. The number of methoxy groups -OCH3 is 1. The molecule has 1 aliphatic carbocycles. The standard InChI is InChI=1S/C24H31ClO2/c1-27-18-10-9-17-24(26,19-11-3-2-4-12-19)22-15-7-5-13-20(22)21-14-6-8-16-23(21)25/h5-8,13-16,19,26H,2-4,9-12,17-18H2,1H3/t24-/m0/s1. The second-order valence-electron chi connectivity index (χ2n) is 7.73. The van der Waals surface area contributed by atoms with Crippen LogP contribution >= 0.6 is 11.6 Å². The first-order valence-corrected chi connectivity index (χ1v) is 10.6. The molecule has 0 saturated heterocycles. The van der Waals surface area contributed by atoms with Gasteiger partial charge in [0.15, 0.2) is 0 Å². The van der Waals surface area contributed by atoms with E-state index in [1.54, 1.807) is 7.11 Å². The van der Waals surface area contributed by atoms with Crippen LogP contribution in [-0.2, 0) is 10.3 Å². The third kappa shape index (κ3) is 4.74. The van der Waals surface area contributed by atoms with Crippen molar-refractivity contribution in [1.82, 2.24) is 0 Å². The predicted molar refractivity (Wildman–Crippen MR) is 113 cm³/mol. The van der Waals surface area contributed by atoms with Crippen LogP contribution in [0.5, 0.6) is 0 Å². The van der Waals surface area contributed by atoms with Gasteiger partial charge in [0, 0.05) is 24.3 Å². The molecule has 1 aliphatic rings. The van der Waals surface area contributed by atoms with Crippen molar-refractivity contribution in [2.45, 2.75) is 57.0 Å². The highest BCUT2D eigenvalue weighted by molar-refractivity contribution is 6.33. The molecule has 1 fully saturated rings. The number of benzene rings is 2. The lowest BCUT2D eigenvalue weighted by atomic mass is 9.69. The zero-order valence-electron chi connectivity index (χ0n) is 16.3. The second-order valence-corrected chi connectivity index (χ2v) is 8.14. The van der Waals surface area contributed by atoms with Crippen LogP contribution in [0.2, 0.25) is 5.02 Å². The van der Waals surface area contributed by atoms with E-state index in [4.69, 9.17) is 16.3 Å². The van der Waals surface area contributed by atoms with Crippen LogP contribution in [0.15, 0.2) is 48.5 Å². The summed E-state index contributed by atoms with van der Waals surface area (Å²) < 4.78 is 5.22. The summed E-state index contributed by atoms with van der Waals surface area (Å²) in [5, 5.41) is 12.8. The van der Waals surface area contributed by atoms with E-state index in [-0.39, 0.29) is 0 Å². The van der Waals surface area contributed by atoms with Gasteiger partial charge in [-0.1, -0.05) is 73.3 Å². The quantitative estimate of drug-likeness (QED) is 0.518. The van der Waals surface area contributed by atoms with Gasteiger partial charge in [-0.25, -0.2) is 0 Å². The van der Waals surface area contributed by atoms with Crippen molar-refractivity contribution in [1.29, 1.82) is 0 Å². The summed E-state index contributed by atoms with van der Waals surface area (Å²) >= 11 is 6.51. The Kier molecular flexibility index (Phi) is 7.34. The Bertz CT molecular complexity index is 724. The van der Waals surface area contributed by atoms with Crippen LogP contribution in [0.3, 0.4) is 0 Å². The van der Waals surface area contributed by atoms with Gasteiger partial charge >= 0.3 is 0 Å². The molecule has 0 aromatic heterocycles. The van der Waals surface area contributed by atoms with Crippen LogP contribution in [-0.4, -0.2) is 18.8 Å². The third-order valence-electron chi connectivity index (χ3n) is 5.99. The van der Waals surface area contributed by atoms with Gasteiger partial charge in [-0.2, -0.15) is 0 Å². The molecule has 0 spiro atoms. The first kappa shape index (κ1) is 20.4. The summed E-state index contributed by atoms with van der Waals surface area (Å²) in [5.74, 6) is 0.303. The highest BCUT2D eigenvalue weighted by atomic mass is 35.5. The van der Waals surface area contributed by atoms with Gasteiger partial charge in [0.05, 0.1) is 5.60 Å². The summed E-state index contributed by atoms with van der Waals surface area (Å²) in [5.41, 5.74) is 2.27. The van der Waals surface area contributed by atoms with E-state index in [0.29, 0.717) is 5.92 Å². The number of ether oxygens (including phenoxy) is 1. The summed E-state index contributed by atoms with van der Waals surface area (Å²) in [4.78, 5) is 0. The molecular weight excluding hydrogens is 356 g/mol. The first-order chi connectivity index (χ1) is 13.2. The molecule has 3 rings (SSSR count). The third-order valence-corrected chi connectivity index (χ3v) is 6.32. The van der Waals surface area contributed by atoms with Crippen molar-refractivity contribution in [3.8, 4) is 11.1 Å². The number of halogens is 1. The molecule has 27 heavy (non-hydrogen) atoms. The van der Waals surface area contributed by atoms with E-state index in [1.165, 1.54) is 19.3 Å². The maximum Gasteiger partial charge on any atom is 0.0930 e. The Labute approximate surface area is 168 Å². The normalized spacial score (nSPS) is 17.6. The van der Waals surface area contributed by atoms with Gasteiger partial charge in [0.1, 0.15) is 0 Å². The molecule has 0 bridgehead atoms. The molecule has 1 N–H and O–H groups in total. The molecule has 0 unspecified atom stereocenters. The molecule has 1 atom stereocenters. The van der Waals surface area contributed by atoms with Crippen LogP contribution < -0.4 is 0 Å². The molecule has 0 aliphatic heterocycles. The SMILES string of the molecule is COCCCC[C@@](O)(c1ccccc1-c1ccccc1Cl)C1CCCCC1. The topological polar surface area (TPSA) is 29.5 Å². The molecule has 2 aromatic carbocycles. The Balaban J connectivity index is 2.00. The number of rotatable bonds is 8. The van der Waals surface area contributed by atoms with E-state index in [9.17, 15) is 5.11 Å². The Morgan fingerprint density at radius 2 is 1.63 bits per heavy atom. The minimum Gasteiger partial charge on any atom is -0.385 e. The van der Waals surface area contributed by atoms with Crippen LogP contribution in [0.1, 0.15) is 56.9 Å². The van der Waals surface area contributed by atoms with Crippen LogP contribution in [0.4, 0.5) is 0 Å². The molecule has 0 amide bonds. The van der Waals surface area contributed by atoms with Crippen LogP contribution in [0, 0.1) is 5.92 Å². The monoisotopic (exact) mass is 386 g/mol. The molecule has 2 nitrogen and oxygen atoms in total. The van der Waals surface area contributed by atoms with Gasteiger partial charge in [-0.15, -0.1) is 0 Å². The lowest BCUT2D eigenvalue weighted by Gasteiger charge is -2.40. The smallest absolute Gasteiger partial charge is 0.0930 e. The average molecular weight is 387 g/mol. The lowest BCUT2D eigenvalue weighted by molar-refractivity contribution is -0.0482. The molecule has 0 radical (unpaired) electrons. The van der Waals surface area contributed by atoms with Gasteiger partial charge < -0.3 is 9.84 Å². The molecule has 1 saturated carbocycles. The summed E-state index contributed by atoms with van der Waals surface area (Å²) in [7, 11) is 1.74. The van der Waals surface area contributed by atoms with E-state index >= 15 is 0 Å². The van der Waals surface area contributed by atoms with Crippen molar-refractivity contribution in [3.63, 3.8) is 0 Å². The van der Waals surface area contributed by atoms with Crippen molar-refractivity contribution < 1.29 is 9.84 Å². The molecular formula is C24H31ClO2. The maximum atomic E-state index is 12.1. The van der Waals surface area contributed by atoms with Crippen molar-refractivity contribution >= 4 is 11.6 Å². The largest absolute Gasteiger partial charge is 0.385 e. The number of hydrogen-bond donors (Lipinski definition) is 1. The minimum absolute atomic E-state index is 0.303. The second kappa shape index (κ2) is 9.73. The molecule has 146 valence electrons. The Morgan fingerprint density at radius 3 is 2.33 bits per heavy atom. The van der Waals surface area contributed by atoms with Gasteiger partial charge in [0.25, 0.3) is 0 Å². The highest BCUT2D eigenvalue weighted by Gasteiger charge is 2.40. The number of unbranched alkanes of at least 4 members (excludes halogenated alkanes) is 1. The predicted octanol–water partition coefficient (Wildman–Crippen LogP) is 6.59. The fourth-order valence-corrected chi connectivity index (χ4v) is 4.79.